The summed E-state index contributed by atoms with van der Waals surface area (Å²) in [6.07, 6.45) is 7.50. The molecule has 1 aliphatic heterocycles. The van der Waals surface area contributed by atoms with Crippen molar-refractivity contribution < 1.29 is 13.9 Å². The minimum atomic E-state index is -0.375. The van der Waals surface area contributed by atoms with E-state index in [4.69, 9.17) is 9.72 Å². The van der Waals surface area contributed by atoms with Gasteiger partial charge in [0.25, 0.3) is 0 Å². The lowest BCUT2D eigenvalue weighted by molar-refractivity contribution is -0.120. The molecule has 5 aromatic rings. The lowest BCUT2D eigenvalue weighted by atomic mass is 10.0. The first-order valence-corrected chi connectivity index (χ1v) is 14.8. The van der Waals surface area contributed by atoms with Gasteiger partial charge in [0.2, 0.25) is 5.95 Å². The van der Waals surface area contributed by atoms with E-state index in [0.29, 0.717) is 46.9 Å². The van der Waals surface area contributed by atoms with Gasteiger partial charge in [-0.1, -0.05) is 6.07 Å². The third-order valence-corrected chi connectivity index (χ3v) is 8.17. The third-order valence-electron chi connectivity index (χ3n) is 8.17. The van der Waals surface area contributed by atoms with Crippen molar-refractivity contribution in [3.05, 3.63) is 90.8 Å². The number of piperidine rings is 1. The number of halogens is 1. The van der Waals surface area contributed by atoms with Crippen LogP contribution in [-0.4, -0.2) is 74.9 Å². The molecule has 1 N–H and O–H groups in total. The Labute approximate surface area is 256 Å². The van der Waals surface area contributed by atoms with Crippen molar-refractivity contribution in [1.29, 1.82) is 0 Å². The Morgan fingerprint density at radius 2 is 1.75 bits per heavy atom. The van der Waals surface area contributed by atoms with Gasteiger partial charge in [0.05, 0.1) is 35.4 Å². The number of nitrogens with one attached hydrogen (secondary N) is 1. The monoisotopic (exact) mass is 593 g/mol. The second-order valence-electron chi connectivity index (χ2n) is 11.5. The molecule has 0 unspecified atom stereocenters. The molecule has 44 heavy (non-hydrogen) atoms. The Morgan fingerprint density at radius 3 is 2.52 bits per heavy atom. The summed E-state index contributed by atoms with van der Waals surface area (Å²) in [6.45, 7) is 2.31. The number of imidazole rings is 1. The normalized spacial score (nSPS) is 14.3. The Hall–Kier alpha value is -4.67. The predicted octanol–water partition coefficient (Wildman–Crippen LogP) is 5.84. The summed E-state index contributed by atoms with van der Waals surface area (Å²) in [5.74, 6) is 1.47. The molecular weight excluding hydrogens is 557 g/mol. The zero-order valence-electron chi connectivity index (χ0n) is 25.2. The van der Waals surface area contributed by atoms with Crippen molar-refractivity contribution in [2.24, 2.45) is 7.05 Å². The standard InChI is InChI=1S/C34H36FN7O2/c1-40(2)26-11-16-42(17-12-26)22-27(43)19-25-20-29(10-15-37-25)44-28-5-7-33-32(21-28)39-34(41(33)3)38-31-18-24(4-6-30(31)35)23-8-13-36-14-9-23/h4-10,13-15,18,20-21,26H,11-12,16-17,19,22H2,1-3H3,(H,38,39). The molecule has 0 saturated carbocycles. The molecule has 6 rings (SSSR count). The molecule has 1 aliphatic rings. The van der Waals surface area contributed by atoms with Crippen molar-refractivity contribution in [2.75, 3.05) is 39.0 Å². The van der Waals surface area contributed by atoms with Crippen LogP contribution in [0.1, 0.15) is 18.5 Å². The molecule has 0 aliphatic carbocycles. The molecule has 4 heterocycles. The number of pyridine rings is 2. The highest BCUT2D eigenvalue weighted by molar-refractivity contribution is 5.83. The van der Waals surface area contributed by atoms with Gasteiger partial charge in [-0.15, -0.1) is 0 Å². The maximum absolute atomic E-state index is 14.8. The highest BCUT2D eigenvalue weighted by atomic mass is 19.1. The number of carbonyl (C=O) groups excluding carboxylic acids is 1. The average molecular weight is 594 g/mol. The number of nitrogens with zero attached hydrogens (tertiary/aromatic N) is 6. The molecule has 2 aromatic carbocycles. The van der Waals surface area contributed by atoms with Gasteiger partial charge in [-0.2, -0.15) is 0 Å². The number of aromatic nitrogens is 4. The second kappa shape index (κ2) is 12.9. The maximum Gasteiger partial charge on any atom is 0.208 e. The van der Waals surface area contributed by atoms with E-state index < -0.39 is 0 Å². The highest BCUT2D eigenvalue weighted by Crippen LogP contribution is 2.30. The largest absolute Gasteiger partial charge is 0.457 e. The first kappa shape index (κ1) is 29.4. The molecule has 1 fully saturated rings. The summed E-state index contributed by atoms with van der Waals surface area (Å²) < 4.78 is 22.8. The zero-order valence-corrected chi connectivity index (χ0v) is 25.2. The fourth-order valence-corrected chi connectivity index (χ4v) is 5.67. The Balaban J connectivity index is 1.12. The van der Waals surface area contributed by atoms with Crippen LogP contribution >= 0.6 is 0 Å². The van der Waals surface area contributed by atoms with Crippen molar-refractivity contribution in [2.45, 2.75) is 25.3 Å². The van der Waals surface area contributed by atoms with Gasteiger partial charge >= 0.3 is 0 Å². The number of benzene rings is 2. The van der Waals surface area contributed by atoms with Crippen LogP contribution in [0.4, 0.5) is 16.0 Å². The van der Waals surface area contributed by atoms with Crippen molar-refractivity contribution in [3.8, 4) is 22.6 Å². The van der Waals surface area contributed by atoms with E-state index in [-0.39, 0.29) is 18.0 Å². The number of carbonyl (C=O) groups is 1. The molecule has 0 amide bonds. The van der Waals surface area contributed by atoms with E-state index in [9.17, 15) is 9.18 Å². The van der Waals surface area contributed by atoms with E-state index in [0.717, 1.165) is 42.6 Å². The third kappa shape index (κ3) is 6.77. The summed E-state index contributed by atoms with van der Waals surface area (Å²) in [7, 11) is 6.10. The Kier molecular flexibility index (Phi) is 8.63. The molecule has 0 atom stereocenters. The van der Waals surface area contributed by atoms with Gasteiger partial charge in [-0.05, 0) is 80.5 Å². The summed E-state index contributed by atoms with van der Waals surface area (Å²) in [5, 5.41) is 3.15. The number of hydrogen-bond acceptors (Lipinski definition) is 8. The quantitative estimate of drug-likeness (QED) is 0.216. The number of likely N-dealkylation sites (tertiary alicyclic amines) is 1. The maximum atomic E-state index is 14.8. The van der Waals surface area contributed by atoms with Crippen LogP contribution in [0, 0.1) is 5.82 Å². The van der Waals surface area contributed by atoms with Crippen LogP contribution in [0.2, 0.25) is 0 Å². The molecule has 0 radical (unpaired) electrons. The van der Waals surface area contributed by atoms with Gasteiger partial charge in [-0.3, -0.25) is 19.7 Å². The van der Waals surface area contributed by atoms with Gasteiger partial charge in [0.15, 0.2) is 5.78 Å². The summed E-state index contributed by atoms with van der Waals surface area (Å²) in [4.78, 5) is 30.5. The molecule has 1 saturated heterocycles. The summed E-state index contributed by atoms with van der Waals surface area (Å²) >= 11 is 0. The first-order valence-electron chi connectivity index (χ1n) is 14.8. The minimum absolute atomic E-state index is 0.149. The molecule has 0 spiro atoms. The number of rotatable bonds is 10. The van der Waals surface area contributed by atoms with Crippen LogP contribution in [0.25, 0.3) is 22.2 Å². The van der Waals surface area contributed by atoms with Crippen molar-refractivity contribution in [3.63, 3.8) is 0 Å². The Bertz CT molecular complexity index is 1760. The predicted molar refractivity (Wildman–Crippen MR) is 170 cm³/mol. The lowest BCUT2D eigenvalue weighted by Crippen LogP contribution is -2.43. The second-order valence-corrected chi connectivity index (χ2v) is 11.5. The lowest BCUT2D eigenvalue weighted by Gasteiger charge is -2.34. The number of ether oxygens (including phenoxy) is 1. The minimum Gasteiger partial charge on any atom is -0.457 e. The number of fused-ring (bicyclic) bond motifs is 1. The van der Waals surface area contributed by atoms with Crippen LogP contribution in [-0.2, 0) is 18.3 Å². The van der Waals surface area contributed by atoms with Gasteiger partial charge in [0, 0.05) is 56.9 Å². The first-order chi connectivity index (χ1) is 21.3. The fraction of sp³-hybridized carbons (Fsp3) is 0.294. The van der Waals surface area contributed by atoms with Crippen molar-refractivity contribution >= 4 is 28.5 Å². The van der Waals surface area contributed by atoms with Gasteiger partial charge in [-0.25, -0.2) is 9.37 Å². The average Bonchev–Trinajstić information content (AvgIpc) is 3.33. The van der Waals surface area contributed by atoms with Gasteiger partial charge in [0.1, 0.15) is 17.3 Å². The van der Waals surface area contributed by atoms with Crippen LogP contribution in [0.3, 0.4) is 0 Å². The van der Waals surface area contributed by atoms with E-state index in [1.54, 1.807) is 36.8 Å². The molecular formula is C34H36FN7O2. The van der Waals surface area contributed by atoms with E-state index in [1.165, 1.54) is 6.07 Å². The summed E-state index contributed by atoms with van der Waals surface area (Å²) in [6, 6.07) is 18.5. The van der Waals surface area contributed by atoms with E-state index >= 15 is 0 Å². The zero-order chi connectivity index (χ0) is 30.6. The number of ketones is 1. The molecule has 10 heteroatoms. The van der Waals surface area contributed by atoms with E-state index in [2.05, 4.69) is 39.2 Å². The van der Waals surface area contributed by atoms with Crippen LogP contribution < -0.4 is 10.1 Å². The highest BCUT2D eigenvalue weighted by Gasteiger charge is 2.22. The number of anilines is 2. The topological polar surface area (TPSA) is 88.4 Å². The fourth-order valence-electron chi connectivity index (χ4n) is 5.67. The van der Waals surface area contributed by atoms with Crippen molar-refractivity contribution in [1.82, 2.24) is 29.3 Å². The number of aryl methyl sites for hydroxylation is 1. The molecule has 0 bridgehead atoms. The number of hydrogen-bond donors (Lipinski definition) is 1. The SMILES string of the molecule is CN(C)C1CCN(CC(=O)Cc2cc(Oc3ccc4c(c3)nc(Nc3cc(-c5ccncc5)ccc3F)n4C)ccn2)CC1. The molecule has 226 valence electrons. The van der Waals surface area contributed by atoms with E-state index in [1.807, 2.05) is 48.0 Å². The summed E-state index contributed by atoms with van der Waals surface area (Å²) in [5.41, 5.74) is 4.37. The van der Waals surface area contributed by atoms with Gasteiger partial charge < -0.3 is 19.5 Å². The van der Waals surface area contributed by atoms with Crippen LogP contribution in [0.5, 0.6) is 11.5 Å². The molecule has 3 aromatic heterocycles. The Morgan fingerprint density at radius 1 is 0.977 bits per heavy atom. The number of Topliss-reactive ketones (excluding diaryl/α,β-unsaturated/α-hetero) is 1. The van der Waals surface area contributed by atoms with Crippen LogP contribution in [0.15, 0.2) is 79.3 Å². The molecule has 9 nitrogen and oxygen atoms in total. The smallest absolute Gasteiger partial charge is 0.208 e.